The molecule has 1 aromatic rings. The van der Waals surface area contributed by atoms with E-state index in [4.69, 9.17) is 16.3 Å². The summed E-state index contributed by atoms with van der Waals surface area (Å²) < 4.78 is 5.68. The lowest BCUT2D eigenvalue weighted by Crippen LogP contribution is -2.58. The highest BCUT2D eigenvalue weighted by Gasteiger charge is 2.49. The molecule has 5 heteroatoms. The highest BCUT2D eigenvalue weighted by molar-refractivity contribution is 6.31. The molecule has 0 spiro atoms. The second kappa shape index (κ2) is 4.78. The van der Waals surface area contributed by atoms with Gasteiger partial charge < -0.3 is 10.1 Å². The molecular formula is C12H18ClN3O. The first-order valence-corrected chi connectivity index (χ1v) is 6.28. The summed E-state index contributed by atoms with van der Waals surface area (Å²) in [6.07, 6.45) is 4.51. The molecule has 0 bridgehead atoms. The van der Waals surface area contributed by atoms with Crippen molar-refractivity contribution < 1.29 is 4.74 Å². The number of aromatic nitrogens is 2. The van der Waals surface area contributed by atoms with Crippen LogP contribution in [0.1, 0.15) is 27.2 Å². The maximum Gasteiger partial charge on any atom is 0.171 e. The SMILES string of the molecule is CCOC1CC(Nc2nccnc2Cl)C1(C)C. The minimum Gasteiger partial charge on any atom is -0.378 e. The highest BCUT2D eigenvalue weighted by atomic mass is 35.5. The quantitative estimate of drug-likeness (QED) is 0.899. The van der Waals surface area contributed by atoms with E-state index in [2.05, 4.69) is 29.1 Å². The first-order chi connectivity index (χ1) is 8.05. The fraction of sp³-hybridized carbons (Fsp3) is 0.667. The van der Waals surface area contributed by atoms with E-state index in [1.807, 2.05) is 6.92 Å². The van der Waals surface area contributed by atoms with E-state index in [9.17, 15) is 0 Å². The predicted octanol–water partition coefficient (Wildman–Crippen LogP) is 2.75. The molecule has 2 rings (SSSR count). The maximum absolute atomic E-state index is 5.97. The Morgan fingerprint density at radius 2 is 2.18 bits per heavy atom. The van der Waals surface area contributed by atoms with Crippen molar-refractivity contribution in [2.45, 2.75) is 39.3 Å². The summed E-state index contributed by atoms with van der Waals surface area (Å²) in [4.78, 5) is 8.19. The van der Waals surface area contributed by atoms with Crippen molar-refractivity contribution in [2.24, 2.45) is 5.41 Å². The first kappa shape index (κ1) is 12.6. The van der Waals surface area contributed by atoms with Crippen molar-refractivity contribution in [3.05, 3.63) is 17.5 Å². The number of rotatable bonds is 4. The average molecular weight is 256 g/mol. The minimum atomic E-state index is 0.0941. The van der Waals surface area contributed by atoms with Crippen LogP contribution in [-0.2, 0) is 4.74 Å². The van der Waals surface area contributed by atoms with Gasteiger partial charge in [0.15, 0.2) is 11.0 Å². The second-order valence-corrected chi connectivity index (χ2v) is 5.25. The smallest absolute Gasteiger partial charge is 0.171 e. The normalized spacial score (nSPS) is 26.4. The van der Waals surface area contributed by atoms with E-state index < -0.39 is 0 Å². The van der Waals surface area contributed by atoms with Gasteiger partial charge in [0.1, 0.15) is 0 Å². The van der Waals surface area contributed by atoms with Gasteiger partial charge in [0, 0.05) is 30.5 Å². The van der Waals surface area contributed by atoms with E-state index in [0.717, 1.165) is 13.0 Å². The molecule has 17 heavy (non-hydrogen) atoms. The third-order valence-electron chi connectivity index (χ3n) is 3.51. The van der Waals surface area contributed by atoms with Crippen LogP contribution < -0.4 is 5.32 Å². The molecule has 0 aromatic carbocycles. The van der Waals surface area contributed by atoms with Gasteiger partial charge in [-0.15, -0.1) is 0 Å². The molecule has 1 saturated carbocycles. The summed E-state index contributed by atoms with van der Waals surface area (Å²) in [6.45, 7) is 7.17. The summed E-state index contributed by atoms with van der Waals surface area (Å²) in [5.74, 6) is 0.655. The van der Waals surface area contributed by atoms with Gasteiger partial charge in [-0.05, 0) is 13.3 Å². The number of nitrogens with zero attached hydrogens (tertiary/aromatic N) is 2. The van der Waals surface area contributed by atoms with Crippen LogP contribution in [-0.4, -0.2) is 28.7 Å². The van der Waals surface area contributed by atoms with Crippen molar-refractivity contribution in [3.63, 3.8) is 0 Å². The molecule has 1 fully saturated rings. The van der Waals surface area contributed by atoms with Crippen molar-refractivity contribution in [1.82, 2.24) is 9.97 Å². The number of hydrogen-bond acceptors (Lipinski definition) is 4. The number of ether oxygens (including phenoxy) is 1. The Morgan fingerprint density at radius 1 is 1.47 bits per heavy atom. The summed E-state index contributed by atoms with van der Waals surface area (Å²) in [5.41, 5.74) is 0.0941. The van der Waals surface area contributed by atoms with Gasteiger partial charge in [-0.2, -0.15) is 0 Å². The predicted molar refractivity (Wildman–Crippen MR) is 68.3 cm³/mol. The number of nitrogens with one attached hydrogen (secondary N) is 1. The monoisotopic (exact) mass is 255 g/mol. The molecule has 1 heterocycles. The van der Waals surface area contributed by atoms with Crippen molar-refractivity contribution in [3.8, 4) is 0 Å². The van der Waals surface area contributed by atoms with Crippen LogP contribution in [0.3, 0.4) is 0 Å². The Hall–Kier alpha value is -0.870. The molecule has 0 saturated heterocycles. The van der Waals surface area contributed by atoms with E-state index in [-0.39, 0.29) is 5.41 Å². The zero-order chi connectivity index (χ0) is 12.5. The van der Waals surface area contributed by atoms with E-state index in [1.165, 1.54) is 0 Å². The van der Waals surface area contributed by atoms with Gasteiger partial charge in [0.25, 0.3) is 0 Å². The molecule has 1 aliphatic carbocycles. The van der Waals surface area contributed by atoms with Gasteiger partial charge >= 0.3 is 0 Å². The number of anilines is 1. The van der Waals surface area contributed by atoms with Crippen molar-refractivity contribution in [1.29, 1.82) is 0 Å². The second-order valence-electron chi connectivity index (χ2n) is 4.89. The maximum atomic E-state index is 5.97. The Labute approximate surface area is 107 Å². The Kier molecular flexibility index (Phi) is 3.54. The lowest BCUT2D eigenvalue weighted by Gasteiger charge is -2.51. The summed E-state index contributed by atoms with van der Waals surface area (Å²) in [5, 5.41) is 3.76. The van der Waals surface area contributed by atoms with Crippen LogP contribution in [0.2, 0.25) is 5.15 Å². The molecule has 1 aliphatic rings. The first-order valence-electron chi connectivity index (χ1n) is 5.90. The average Bonchev–Trinajstić information content (AvgIpc) is 2.30. The van der Waals surface area contributed by atoms with Gasteiger partial charge in [0.05, 0.1) is 6.10 Å². The molecule has 0 radical (unpaired) electrons. The molecular weight excluding hydrogens is 238 g/mol. The zero-order valence-corrected chi connectivity index (χ0v) is 11.2. The largest absolute Gasteiger partial charge is 0.378 e. The molecule has 1 N–H and O–H groups in total. The molecule has 0 amide bonds. The number of hydrogen-bond donors (Lipinski definition) is 1. The lowest BCUT2D eigenvalue weighted by atomic mass is 9.64. The summed E-state index contributed by atoms with van der Waals surface area (Å²) in [6, 6.07) is 0.327. The van der Waals surface area contributed by atoms with E-state index in [1.54, 1.807) is 12.4 Å². The van der Waals surface area contributed by atoms with E-state index >= 15 is 0 Å². The van der Waals surface area contributed by atoms with Crippen LogP contribution in [0.4, 0.5) is 5.82 Å². The van der Waals surface area contributed by atoms with Crippen molar-refractivity contribution in [2.75, 3.05) is 11.9 Å². The molecule has 1 aromatic heterocycles. The molecule has 2 unspecified atom stereocenters. The van der Waals surface area contributed by atoms with Gasteiger partial charge in [-0.1, -0.05) is 25.4 Å². The Morgan fingerprint density at radius 3 is 2.76 bits per heavy atom. The van der Waals surface area contributed by atoms with E-state index in [0.29, 0.717) is 23.1 Å². The third kappa shape index (κ3) is 2.38. The van der Waals surface area contributed by atoms with Crippen LogP contribution >= 0.6 is 11.6 Å². The molecule has 2 atom stereocenters. The van der Waals surface area contributed by atoms with Gasteiger partial charge in [0.2, 0.25) is 0 Å². The Balaban J connectivity index is 2.01. The van der Waals surface area contributed by atoms with Crippen LogP contribution in [0, 0.1) is 5.41 Å². The standard InChI is InChI=1S/C12H18ClN3O/c1-4-17-9-7-8(12(9,2)3)16-11-10(13)14-5-6-15-11/h5-6,8-9H,4,7H2,1-3H3,(H,15,16). The molecule has 94 valence electrons. The Bertz CT molecular complexity index is 397. The lowest BCUT2D eigenvalue weighted by molar-refractivity contribution is -0.0976. The summed E-state index contributed by atoms with van der Waals surface area (Å²) in [7, 11) is 0. The summed E-state index contributed by atoms with van der Waals surface area (Å²) >= 11 is 5.97. The van der Waals surface area contributed by atoms with Gasteiger partial charge in [-0.25, -0.2) is 9.97 Å². The molecule has 0 aliphatic heterocycles. The fourth-order valence-electron chi connectivity index (χ4n) is 2.20. The highest BCUT2D eigenvalue weighted by Crippen LogP contribution is 2.44. The fourth-order valence-corrected chi connectivity index (χ4v) is 2.36. The van der Waals surface area contributed by atoms with Gasteiger partial charge in [-0.3, -0.25) is 0 Å². The zero-order valence-electron chi connectivity index (χ0n) is 10.4. The third-order valence-corrected chi connectivity index (χ3v) is 3.79. The number of halogens is 1. The van der Waals surface area contributed by atoms with Crippen LogP contribution in [0.25, 0.3) is 0 Å². The van der Waals surface area contributed by atoms with Crippen molar-refractivity contribution >= 4 is 17.4 Å². The molecule has 4 nitrogen and oxygen atoms in total. The van der Waals surface area contributed by atoms with Crippen LogP contribution in [0.5, 0.6) is 0 Å². The van der Waals surface area contributed by atoms with Crippen LogP contribution in [0.15, 0.2) is 12.4 Å². The minimum absolute atomic E-state index is 0.0941. The topological polar surface area (TPSA) is 47.0 Å².